The van der Waals surface area contributed by atoms with E-state index in [1.54, 1.807) is 7.11 Å². The van der Waals surface area contributed by atoms with E-state index < -0.39 is 0 Å². The van der Waals surface area contributed by atoms with Gasteiger partial charge in [0.25, 0.3) is 0 Å². The summed E-state index contributed by atoms with van der Waals surface area (Å²) in [7, 11) is 1.64. The van der Waals surface area contributed by atoms with E-state index in [0.29, 0.717) is 37.1 Å². The van der Waals surface area contributed by atoms with Crippen molar-refractivity contribution in [2.45, 2.75) is 40.0 Å². The number of aryl methyl sites for hydroxylation is 1. The monoisotopic (exact) mass is 414 g/mol. The van der Waals surface area contributed by atoms with Crippen LogP contribution < -0.4 is 15.4 Å². The molecule has 2 aromatic heterocycles. The van der Waals surface area contributed by atoms with Gasteiger partial charge in [-0.05, 0) is 30.9 Å². The van der Waals surface area contributed by atoms with Gasteiger partial charge in [-0.15, -0.1) is 10.2 Å². The van der Waals surface area contributed by atoms with Crippen LogP contribution in [0, 0.1) is 5.92 Å². The van der Waals surface area contributed by atoms with E-state index in [0.717, 1.165) is 41.9 Å². The maximum atomic E-state index is 11.6. The van der Waals surface area contributed by atoms with E-state index in [9.17, 15) is 4.79 Å². The lowest BCUT2D eigenvalue weighted by Crippen LogP contribution is -2.26. The van der Waals surface area contributed by atoms with E-state index in [1.165, 1.54) is 0 Å². The van der Waals surface area contributed by atoms with Crippen LogP contribution in [0.1, 0.15) is 39.4 Å². The largest absolute Gasteiger partial charge is 0.497 e. The average molecular weight is 415 g/mol. The number of aromatic nitrogens is 4. The SMILES string of the molecule is CCc1nnc2c(NCCCCNC(=O)OCC(C)C)nc3cc(OC)ccc3n12. The van der Waals surface area contributed by atoms with Crippen molar-refractivity contribution in [2.75, 3.05) is 32.1 Å². The second-order valence-corrected chi connectivity index (χ2v) is 7.50. The number of amides is 1. The lowest BCUT2D eigenvalue weighted by molar-refractivity contribution is 0.133. The van der Waals surface area contributed by atoms with E-state index in [1.807, 2.05) is 36.4 Å². The number of carbonyl (C=O) groups excluding carboxylic acids is 1. The Morgan fingerprint density at radius 3 is 2.73 bits per heavy atom. The third kappa shape index (κ3) is 5.08. The summed E-state index contributed by atoms with van der Waals surface area (Å²) in [6.45, 7) is 7.77. The van der Waals surface area contributed by atoms with Crippen LogP contribution in [0.3, 0.4) is 0 Å². The van der Waals surface area contributed by atoms with Gasteiger partial charge in [0.1, 0.15) is 11.6 Å². The molecule has 30 heavy (non-hydrogen) atoms. The highest BCUT2D eigenvalue weighted by atomic mass is 16.5. The second kappa shape index (κ2) is 10.1. The first-order chi connectivity index (χ1) is 14.5. The van der Waals surface area contributed by atoms with Gasteiger partial charge in [-0.2, -0.15) is 0 Å². The van der Waals surface area contributed by atoms with Crippen LogP contribution in [0.15, 0.2) is 18.2 Å². The molecule has 3 aromatic rings. The summed E-state index contributed by atoms with van der Waals surface area (Å²) in [4.78, 5) is 16.3. The molecule has 0 aliphatic rings. The standard InChI is InChI=1S/C21H30N6O3/c1-5-18-25-26-20-19(22-10-6-7-11-23-21(28)30-13-14(2)3)24-16-12-15(29-4)8-9-17(16)27(18)20/h8-9,12,14H,5-7,10-11,13H2,1-4H3,(H,22,24)(H,23,28). The average Bonchev–Trinajstić information content (AvgIpc) is 3.18. The van der Waals surface area contributed by atoms with Crippen LogP contribution in [-0.4, -0.2) is 52.5 Å². The molecule has 9 nitrogen and oxygen atoms in total. The molecule has 162 valence electrons. The molecule has 0 unspecified atom stereocenters. The number of benzene rings is 1. The van der Waals surface area contributed by atoms with Crippen LogP contribution >= 0.6 is 0 Å². The Morgan fingerprint density at radius 2 is 2.00 bits per heavy atom. The molecule has 0 fully saturated rings. The summed E-state index contributed by atoms with van der Waals surface area (Å²) >= 11 is 0. The molecule has 2 heterocycles. The fourth-order valence-corrected chi connectivity index (χ4v) is 3.09. The molecule has 1 aromatic carbocycles. The number of ether oxygens (including phenoxy) is 2. The Labute approximate surface area is 176 Å². The number of unbranched alkanes of at least 4 members (excludes halogenated alkanes) is 1. The molecule has 2 N–H and O–H groups in total. The lowest BCUT2D eigenvalue weighted by Gasteiger charge is -2.11. The first-order valence-electron chi connectivity index (χ1n) is 10.4. The zero-order chi connectivity index (χ0) is 21.5. The predicted octanol–water partition coefficient (Wildman–Crippen LogP) is 3.42. The van der Waals surface area contributed by atoms with Crippen molar-refractivity contribution < 1.29 is 14.3 Å². The molecular weight excluding hydrogens is 384 g/mol. The van der Waals surface area contributed by atoms with Crippen molar-refractivity contribution in [3.05, 3.63) is 24.0 Å². The number of rotatable bonds is 10. The highest BCUT2D eigenvalue weighted by molar-refractivity contribution is 5.84. The zero-order valence-electron chi connectivity index (χ0n) is 18.1. The van der Waals surface area contributed by atoms with Crippen molar-refractivity contribution in [1.29, 1.82) is 0 Å². The molecule has 0 aliphatic carbocycles. The molecule has 0 saturated heterocycles. The summed E-state index contributed by atoms with van der Waals surface area (Å²) in [6, 6.07) is 5.80. The van der Waals surface area contributed by atoms with Crippen LogP contribution in [0.4, 0.5) is 10.6 Å². The highest BCUT2D eigenvalue weighted by Gasteiger charge is 2.14. The van der Waals surface area contributed by atoms with Crippen molar-refractivity contribution >= 4 is 28.6 Å². The van der Waals surface area contributed by atoms with Gasteiger partial charge in [0.2, 0.25) is 5.65 Å². The van der Waals surface area contributed by atoms with Gasteiger partial charge in [0.15, 0.2) is 5.82 Å². The molecule has 3 rings (SSSR count). The number of carbonyl (C=O) groups is 1. The number of hydrogen-bond donors (Lipinski definition) is 2. The quantitative estimate of drug-likeness (QED) is 0.490. The number of nitrogens with zero attached hydrogens (tertiary/aromatic N) is 4. The number of nitrogens with one attached hydrogen (secondary N) is 2. The number of methoxy groups -OCH3 is 1. The maximum Gasteiger partial charge on any atom is 0.407 e. The fourth-order valence-electron chi connectivity index (χ4n) is 3.09. The van der Waals surface area contributed by atoms with E-state index >= 15 is 0 Å². The van der Waals surface area contributed by atoms with Crippen molar-refractivity contribution in [3.63, 3.8) is 0 Å². The third-order valence-corrected chi connectivity index (χ3v) is 4.63. The molecule has 9 heteroatoms. The summed E-state index contributed by atoms with van der Waals surface area (Å²) < 4.78 is 12.5. The minimum Gasteiger partial charge on any atom is -0.497 e. The Hall–Kier alpha value is -3.10. The number of fused-ring (bicyclic) bond motifs is 3. The predicted molar refractivity (Wildman–Crippen MR) is 116 cm³/mol. The van der Waals surface area contributed by atoms with E-state index in [-0.39, 0.29) is 6.09 Å². The molecule has 0 bridgehead atoms. The third-order valence-electron chi connectivity index (χ3n) is 4.63. The molecule has 0 radical (unpaired) electrons. The first-order valence-corrected chi connectivity index (χ1v) is 10.4. The van der Waals surface area contributed by atoms with Gasteiger partial charge in [-0.3, -0.25) is 4.40 Å². The molecule has 1 amide bonds. The van der Waals surface area contributed by atoms with Gasteiger partial charge in [0, 0.05) is 25.6 Å². The number of hydrogen-bond acceptors (Lipinski definition) is 7. The van der Waals surface area contributed by atoms with Crippen LogP contribution in [0.2, 0.25) is 0 Å². The van der Waals surface area contributed by atoms with Gasteiger partial charge >= 0.3 is 6.09 Å². The lowest BCUT2D eigenvalue weighted by atomic mass is 10.2. The molecule has 0 aliphatic heterocycles. The molecule has 0 atom stereocenters. The topological polar surface area (TPSA) is 103 Å². The second-order valence-electron chi connectivity index (χ2n) is 7.50. The first kappa shape index (κ1) is 21.6. The Balaban J connectivity index is 1.63. The minimum absolute atomic E-state index is 0.330. The molecule has 0 spiro atoms. The zero-order valence-corrected chi connectivity index (χ0v) is 18.1. The van der Waals surface area contributed by atoms with E-state index in [2.05, 4.69) is 27.8 Å². The Bertz CT molecular complexity index is 1000. The number of anilines is 1. The number of alkyl carbamates (subject to hydrolysis) is 1. The summed E-state index contributed by atoms with van der Waals surface area (Å²) in [6.07, 6.45) is 2.10. The Morgan fingerprint density at radius 1 is 1.20 bits per heavy atom. The highest BCUT2D eigenvalue weighted by Crippen LogP contribution is 2.25. The smallest absolute Gasteiger partial charge is 0.407 e. The fraction of sp³-hybridized carbons (Fsp3) is 0.524. The van der Waals surface area contributed by atoms with Gasteiger partial charge in [-0.1, -0.05) is 20.8 Å². The van der Waals surface area contributed by atoms with E-state index in [4.69, 9.17) is 14.5 Å². The van der Waals surface area contributed by atoms with Crippen molar-refractivity contribution in [1.82, 2.24) is 24.9 Å². The molecule has 0 saturated carbocycles. The summed E-state index contributed by atoms with van der Waals surface area (Å²) in [5, 5.41) is 14.8. The van der Waals surface area contributed by atoms with Crippen molar-refractivity contribution in [3.8, 4) is 5.75 Å². The summed E-state index contributed by atoms with van der Waals surface area (Å²) in [5.41, 5.74) is 2.47. The Kier molecular flexibility index (Phi) is 7.26. The van der Waals surface area contributed by atoms with Gasteiger partial charge in [-0.25, -0.2) is 9.78 Å². The van der Waals surface area contributed by atoms with Gasteiger partial charge < -0.3 is 20.1 Å². The summed E-state index contributed by atoms with van der Waals surface area (Å²) in [5.74, 6) is 2.65. The normalized spacial score (nSPS) is 11.2. The van der Waals surface area contributed by atoms with Crippen LogP contribution in [0.5, 0.6) is 5.75 Å². The van der Waals surface area contributed by atoms with Gasteiger partial charge in [0.05, 0.1) is 24.8 Å². The van der Waals surface area contributed by atoms with Crippen LogP contribution in [-0.2, 0) is 11.2 Å². The van der Waals surface area contributed by atoms with Crippen LogP contribution in [0.25, 0.3) is 16.7 Å². The minimum atomic E-state index is -0.362. The maximum absolute atomic E-state index is 11.6. The molecular formula is C21H30N6O3. The van der Waals surface area contributed by atoms with Crippen molar-refractivity contribution in [2.24, 2.45) is 5.92 Å².